The minimum absolute atomic E-state index is 0.00581. The van der Waals surface area contributed by atoms with E-state index >= 15 is 0 Å². The fourth-order valence-electron chi connectivity index (χ4n) is 3.78. The average molecular weight is 764 g/mol. The molecule has 5 amide bonds. The minimum Gasteiger partial charge on any atom is -0.741 e. The fraction of sp³-hybridized carbons (Fsp3) is 0.556. The number of guanidine groups is 1. The summed E-state index contributed by atoms with van der Waals surface area (Å²) in [5, 5.41) is 18.9. The molecular formula is C27H42F5N9O9S. The second-order valence-corrected chi connectivity index (χ2v) is 13.2. The Kier molecular flexibility index (Phi) is 17.8. The van der Waals surface area contributed by atoms with Crippen molar-refractivity contribution in [2.75, 3.05) is 40.8 Å². The summed E-state index contributed by atoms with van der Waals surface area (Å²) in [4.78, 5) is 66.3. The molecular weight excluding hydrogens is 721 g/mol. The molecule has 3 atom stereocenters. The predicted molar refractivity (Wildman–Crippen MR) is 171 cm³/mol. The van der Waals surface area contributed by atoms with Gasteiger partial charge in [-0.3, -0.25) is 33.4 Å². The van der Waals surface area contributed by atoms with Crippen LogP contribution < -0.4 is 43.0 Å². The number of quaternary nitrogens is 1. The molecule has 0 aliphatic rings. The number of halogens is 5. The van der Waals surface area contributed by atoms with Crippen LogP contribution in [0.15, 0.2) is 17.1 Å². The lowest BCUT2D eigenvalue weighted by Crippen LogP contribution is -2.58. The molecule has 0 heterocycles. The van der Waals surface area contributed by atoms with E-state index in [-0.39, 0.29) is 35.5 Å². The van der Waals surface area contributed by atoms with Crippen molar-refractivity contribution in [2.24, 2.45) is 28.1 Å². The third kappa shape index (κ3) is 15.8. The summed E-state index contributed by atoms with van der Waals surface area (Å²) in [6.07, 6.45) is 0.149. The van der Waals surface area contributed by atoms with Crippen LogP contribution in [-0.2, 0) is 29.3 Å². The number of amides is 5. The lowest BCUT2D eigenvalue weighted by Gasteiger charge is -2.27. The first-order valence-corrected chi connectivity index (χ1v) is 16.0. The van der Waals surface area contributed by atoms with E-state index in [4.69, 9.17) is 30.2 Å². The van der Waals surface area contributed by atoms with Gasteiger partial charge >= 0.3 is 5.51 Å². The van der Waals surface area contributed by atoms with Gasteiger partial charge in [-0.25, -0.2) is 12.8 Å². The smallest absolute Gasteiger partial charge is 0.485 e. The molecule has 0 unspecified atom stereocenters. The Hall–Kier alpha value is -4.68. The number of hydrogen-bond acceptors (Lipinski definition) is 10. The van der Waals surface area contributed by atoms with Gasteiger partial charge in [0.2, 0.25) is 29.4 Å². The third-order valence-electron chi connectivity index (χ3n) is 6.38. The first-order chi connectivity index (χ1) is 23.1. The number of hydrogen-bond donors (Lipinski definition) is 8. The molecule has 24 heteroatoms. The van der Waals surface area contributed by atoms with Gasteiger partial charge in [0, 0.05) is 12.6 Å². The van der Waals surface area contributed by atoms with Crippen molar-refractivity contribution in [2.45, 2.75) is 50.3 Å². The number of carbonyl (C=O) groups excluding carboxylic acids is 5. The Bertz CT molecular complexity index is 1550. The summed E-state index contributed by atoms with van der Waals surface area (Å²) in [5.74, 6) is -7.90. The molecule has 51 heavy (non-hydrogen) atoms. The maximum atomic E-state index is 14.9. The third-order valence-corrected chi connectivity index (χ3v) is 6.95. The number of aliphatic hydroxyl groups excluding tert-OH is 1. The molecule has 290 valence electrons. The molecule has 0 saturated heterocycles. The zero-order valence-electron chi connectivity index (χ0n) is 28.1. The first-order valence-electron chi connectivity index (χ1n) is 14.6. The van der Waals surface area contributed by atoms with Gasteiger partial charge in [-0.05, 0) is 24.8 Å². The Morgan fingerprint density at radius 3 is 1.88 bits per heavy atom. The van der Waals surface area contributed by atoms with Crippen molar-refractivity contribution >= 4 is 51.3 Å². The van der Waals surface area contributed by atoms with Gasteiger partial charge in [0.1, 0.15) is 18.1 Å². The number of nitrogens with two attached hydrogens (primary N) is 3. The summed E-state index contributed by atoms with van der Waals surface area (Å²) >= 11 is 0. The summed E-state index contributed by atoms with van der Waals surface area (Å²) in [7, 11) is -1.22. The van der Waals surface area contributed by atoms with Crippen molar-refractivity contribution < 1.29 is 64.0 Å². The highest BCUT2D eigenvalue weighted by Crippen LogP contribution is 2.26. The van der Waals surface area contributed by atoms with Crippen molar-refractivity contribution in [1.82, 2.24) is 25.8 Å². The highest BCUT2D eigenvalue weighted by atomic mass is 32.2. The SMILES string of the molecule is CC(C)[C@H](NC(=O)c1ccc([N+](C)(C)C)c(F)c1F)C(=O)N[C@@H](CCCN=C(N)N)C(=O)N[C@@H](CO)C(=O)NCC(N)=O.O=S(=O)([O-])C(F)(F)F. The van der Waals surface area contributed by atoms with Crippen LogP contribution in [-0.4, -0.2) is 118 Å². The Morgan fingerprint density at radius 2 is 1.45 bits per heavy atom. The summed E-state index contributed by atoms with van der Waals surface area (Å²) in [5.41, 5.74) is 9.36. The molecule has 1 rings (SSSR count). The van der Waals surface area contributed by atoms with E-state index in [1.807, 2.05) is 0 Å². The topological polar surface area (TPSA) is 301 Å². The maximum absolute atomic E-state index is 14.9. The van der Waals surface area contributed by atoms with Gasteiger partial charge in [0.05, 0.1) is 39.9 Å². The highest BCUT2D eigenvalue weighted by molar-refractivity contribution is 7.86. The molecule has 0 aliphatic carbocycles. The van der Waals surface area contributed by atoms with E-state index in [1.54, 1.807) is 35.0 Å². The van der Waals surface area contributed by atoms with Crippen LogP contribution in [0.25, 0.3) is 0 Å². The highest BCUT2D eigenvalue weighted by Gasteiger charge is 2.37. The van der Waals surface area contributed by atoms with Crippen LogP contribution in [0, 0.1) is 17.6 Å². The molecule has 0 radical (unpaired) electrons. The normalized spacial score (nSPS) is 13.4. The fourth-order valence-corrected chi connectivity index (χ4v) is 3.78. The number of carbonyl (C=O) groups is 5. The van der Waals surface area contributed by atoms with Crippen LogP contribution in [0.4, 0.5) is 27.6 Å². The van der Waals surface area contributed by atoms with Crippen LogP contribution in [0.2, 0.25) is 0 Å². The number of nitrogens with one attached hydrogen (secondary N) is 4. The Morgan fingerprint density at radius 1 is 0.922 bits per heavy atom. The standard InChI is InChI=1S/C26H41F2N9O6.CHF3O3S/c1-13(2)21(36-22(40)14-8-9-17(37(3,4)5)20(28)19(14)27)25(43)34-15(7-6-10-32-26(30)31)24(42)35-16(12-38)23(41)33-11-18(29)39;2-1(3,4)8(5,6)7/h8-9,13,15-16,21,38H,6-7,10-12H2,1-5H3,(H9-,29,30,31,32,33,34,35,36,39,40,41,42,43);(H,5,6,7)/t15-,16-,21-;/m0./s1. The number of nitrogens with zero attached hydrogens (tertiary/aromatic N) is 2. The van der Waals surface area contributed by atoms with E-state index in [0.717, 1.165) is 6.07 Å². The monoisotopic (exact) mass is 763 g/mol. The lowest BCUT2D eigenvalue weighted by atomic mass is 10.0. The van der Waals surface area contributed by atoms with Gasteiger partial charge in [-0.1, -0.05) is 13.8 Å². The summed E-state index contributed by atoms with van der Waals surface area (Å²) < 4.78 is 88.4. The molecule has 0 spiro atoms. The van der Waals surface area contributed by atoms with Crippen molar-refractivity contribution in [3.05, 3.63) is 29.3 Å². The number of primary amides is 1. The maximum Gasteiger partial charge on any atom is 0.485 e. The molecule has 1 aromatic rings. The van der Waals surface area contributed by atoms with Crippen LogP contribution in [0.3, 0.4) is 0 Å². The minimum atomic E-state index is -6.09. The number of benzene rings is 1. The number of aliphatic imine (C=N–C) groups is 1. The first kappa shape index (κ1) is 46.3. The number of aliphatic hydroxyl groups is 1. The second-order valence-electron chi connectivity index (χ2n) is 11.8. The van der Waals surface area contributed by atoms with Crippen LogP contribution in [0.5, 0.6) is 0 Å². The van der Waals surface area contributed by atoms with Gasteiger partial charge < -0.3 is 48.1 Å². The Balaban J connectivity index is 0.00000277. The zero-order valence-corrected chi connectivity index (χ0v) is 29.0. The van der Waals surface area contributed by atoms with Gasteiger partial charge in [-0.2, -0.15) is 17.6 Å². The zero-order chi connectivity index (χ0) is 40.1. The molecule has 0 aromatic heterocycles. The van der Waals surface area contributed by atoms with E-state index in [0.29, 0.717) is 0 Å². The second kappa shape index (κ2) is 19.6. The molecule has 18 nitrogen and oxygen atoms in total. The van der Waals surface area contributed by atoms with E-state index < -0.39 is 99.6 Å². The largest absolute Gasteiger partial charge is 0.741 e. The lowest BCUT2D eigenvalue weighted by molar-refractivity contribution is -0.134. The number of rotatable bonds is 16. The molecule has 0 aliphatic heterocycles. The van der Waals surface area contributed by atoms with E-state index in [9.17, 15) is 51.0 Å². The predicted octanol–water partition coefficient (Wildman–Crippen LogP) is -2.42. The molecule has 1 aromatic carbocycles. The summed E-state index contributed by atoms with van der Waals surface area (Å²) in [6.45, 7) is 1.87. The molecule has 0 bridgehead atoms. The number of alkyl halides is 3. The van der Waals surface area contributed by atoms with E-state index in [1.165, 1.54) is 6.07 Å². The van der Waals surface area contributed by atoms with Gasteiger partial charge in [0.25, 0.3) is 5.91 Å². The van der Waals surface area contributed by atoms with Crippen molar-refractivity contribution in [3.63, 3.8) is 0 Å². The van der Waals surface area contributed by atoms with Gasteiger partial charge in [0.15, 0.2) is 27.6 Å². The van der Waals surface area contributed by atoms with Crippen LogP contribution in [0.1, 0.15) is 37.0 Å². The summed E-state index contributed by atoms with van der Waals surface area (Å²) in [6, 6.07) is -1.71. The van der Waals surface area contributed by atoms with Crippen molar-refractivity contribution in [3.8, 4) is 0 Å². The van der Waals surface area contributed by atoms with E-state index in [2.05, 4.69) is 26.3 Å². The van der Waals surface area contributed by atoms with Crippen molar-refractivity contribution in [1.29, 1.82) is 0 Å². The molecule has 11 N–H and O–H groups in total. The molecule has 0 saturated carbocycles. The van der Waals surface area contributed by atoms with Gasteiger partial charge in [-0.15, -0.1) is 0 Å². The van der Waals surface area contributed by atoms with Crippen LogP contribution >= 0.6 is 0 Å². The quantitative estimate of drug-likeness (QED) is 0.0167. The molecule has 0 fully saturated rings. The Labute approximate surface area is 289 Å². The average Bonchev–Trinajstić information content (AvgIpc) is 2.98.